The number of rotatable bonds is 2. The Morgan fingerprint density at radius 3 is 2.00 bits per heavy atom. The van der Waals surface area contributed by atoms with Crippen LogP contribution in [0.25, 0.3) is 0 Å². The van der Waals surface area contributed by atoms with Crippen LogP contribution in [0.4, 0.5) is 18.9 Å². The maximum atomic E-state index is 13.2. The van der Waals surface area contributed by atoms with Crippen molar-refractivity contribution in [2.45, 2.75) is 0 Å². The first kappa shape index (κ1) is 11.4. The van der Waals surface area contributed by atoms with E-state index in [-0.39, 0.29) is 11.3 Å². The van der Waals surface area contributed by atoms with Crippen molar-refractivity contribution in [1.29, 1.82) is 0 Å². The van der Waals surface area contributed by atoms with E-state index in [0.717, 1.165) is 18.3 Å². The van der Waals surface area contributed by atoms with Gasteiger partial charge in [0, 0.05) is 6.21 Å². The van der Waals surface area contributed by atoms with Crippen LogP contribution in [0.1, 0.15) is 5.56 Å². The van der Waals surface area contributed by atoms with Crippen LogP contribution in [0, 0.1) is 17.5 Å². The zero-order chi connectivity index (χ0) is 12.3. The number of halogens is 3. The Bertz CT molecular complexity index is 544. The van der Waals surface area contributed by atoms with Crippen LogP contribution >= 0.6 is 0 Å². The van der Waals surface area contributed by atoms with Crippen LogP contribution in [0.15, 0.2) is 47.5 Å². The van der Waals surface area contributed by atoms with Gasteiger partial charge in [-0.25, -0.2) is 13.2 Å². The lowest BCUT2D eigenvalue weighted by Gasteiger charge is -1.98. The topological polar surface area (TPSA) is 12.4 Å². The Hall–Kier alpha value is -2.10. The quantitative estimate of drug-likeness (QED) is 0.701. The summed E-state index contributed by atoms with van der Waals surface area (Å²) in [6.45, 7) is 0. The Labute approximate surface area is 96.2 Å². The molecule has 0 bridgehead atoms. The summed E-state index contributed by atoms with van der Waals surface area (Å²) in [7, 11) is 0. The molecule has 86 valence electrons. The second-order valence-corrected chi connectivity index (χ2v) is 3.34. The van der Waals surface area contributed by atoms with Gasteiger partial charge in [-0.15, -0.1) is 0 Å². The van der Waals surface area contributed by atoms with Gasteiger partial charge < -0.3 is 0 Å². The van der Waals surface area contributed by atoms with Crippen molar-refractivity contribution in [2.75, 3.05) is 0 Å². The predicted octanol–water partition coefficient (Wildman–Crippen LogP) is 3.85. The molecule has 1 nitrogen and oxygen atoms in total. The monoisotopic (exact) mass is 235 g/mol. The average molecular weight is 235 g/mol. The normalized spacial score (nSPS) is 11.0. The van der Waals surface area contributed by atoms with Gasteiger partial charge in [-0.05, 0) is 24.3 Å². The third-order valence-electron chi connectivity index (χ3n) is 2.18. The Morgan fingerprint density at radius 1 is 0.765 bits per heavy atom. The van der Waals surface area contributed by atoms with E-state index in [1.165, 1.54) is 24.3 Å². The summed E-state index contributed by atoms with van der Waals surface area (Å²) >= 11 is 0. The van der Waals surface area contributed by atoms with Gasteiger partial charge in [-0.1, -0.05) is 18.2 Å². The zero-order valence-corrected chi connectivity index (χ0v) is 8.70. The lowest BCUT2D eigenvalue weighted by atomic mass is 10.2. The molecule has 0 aliphatic carbocycles. The fraction of sp³-hybridized carbons (Fsp3) is 0. The summed E-state index contributed by atoms with van der Waals surface area (Å²) in [5, 5.41) is 0. The van der Waals surface area contributed by atoms with Gasteiger partial charge in [0.1, 0.15) is 17.5 Å². The highest BCUT2D eigenvalue weighted by atomic mass is 19.1. The fourth-order valence-electron chi connectivity index (χ4n) is 1.32. The SMILES string of the molecule is Fc1ccccc1/N=C/c1c(F)cccc1F. The van der Waals surface area contributed by atoms with Crippen molar-refractivity contribution in [2.24, 2.45) is 4.99 Å². The van der Waals surface area contributed by atoms with Crippen LogP contribution in [0.3, 0.4) is 0 Å². The second kappa shape index (κ2) is 4.82. The molecule has 2 aromatic carbocycles. The number of hydrogen-bond donors (Lipinski definition) is 0. The lowest BCUT2D eigenvalue weighted by molar-refractivity contribution is 0.580. The van der Waals surface area contributed by atoms with Gasteiger partial charge in [-0.3, -0.25) is 4.99 Å². The summed E-state index contributed by atoms with van der Waals surface area (Å²) < 4.78 is 39.6. The second-order valence-electron chi connectivity index (χ2n) is 3.34. The molecule has 0 saturated heterocycles. The summed E-state index contributed by atoms with van der Waals surface area (Å²) in [5.41, 5.74) is -0.245. The molecule has 0 aromatic heterocycles. The summed E-state index contributed by atoms with van der Waals surface area (Å²) in [6, 6.07) is 9.24. The van der Waals surface area contributed by atoms with E-state index in [4.69, 9.17) is 0 Å². The molecule has 0 N–H and O–H groups in total. The molecule has 0 saturated carbocycles. The van der Waals surface area contributed by atoms with Gasteiger partial charge in [0.2, 0.25) is 0 Å². The maximum Gasteiger partial charge on any atom is 0.148 e. The number of hydrogen-bond acceptors (Lipinski definition) is 1. The molecular formula is C13H8F3N. The molecule has 0 amide bonds. The Morgan fingerprint density at radius 2 is 1.35 bits per heavy atom. The molecule has 0 atom stereocenters. The lowest BCUT2D eigenvalue weighted by Crippen LogP contribution is -1.93. The van der Waals surface area contributed by atoms with Crippen LogP contribution < -0.4 is 0 Å². The summed E-state index contributed by atoms with van der Waals surface area (Å²) in [6.07, 6.45) is 0.975. The third kappa shape index (κ3) is 2.53. The van der Waals surface area contributed by atoms with Gasteiger partial charge >= 0.3 is 0 Å². The molecule has 0 aliphatic rings. The third-order valence-corrected chi connectivity index (χ3v) is 2.18. The Balaban J connectivity index is 2.36. The number of benzene rings is 2. The minimum absolute atomic E-state index is 0.0372. The molecule has 0 radical (unpaired) electrons. The molecule has 4 heteroatoms. The van der Waals surface area contributed by atoms with Crippen molar-refractivity contribution in [3.8, 4) is 0 Å². The van der Waals surface area contributed by atoms with Crippen LogP contribution in [-0.2, 0) is 0 Å². The molecule has 0 spiro atoms. The highest BCUT2D eigenvalue weighted by Crippen LogP contribution is 2.17. The fourth-order valence-corrected chi connectivity index (χ4v) is 1.32. The molecule has 0 unspecified atom stereocenters. The van der Waals surface area contributed by atoms with Gasteiger partial charge in [0.05, 0.1) is 11.3 Å². The van der Waals surface area contributed by atoms with Crippen molar-refractivity contribution in [3.63, 3.8) is 0 Å². The largest absolute Gasteiger partial charge is 0.253 e. The Kier molecular flexibility index (Phi) is 3.23. The highest BCUT2D eigenvalue weighted by molar-refractivity contribution is 5.82. The van der Waals surface area contributed by atoms with Crippen LogP contribution in [-0.4, -0.2) is 6.21 Å². The summed E-state index contributed by atoms with van der Waals surface area (Å²) in [4.78, 5) is 3.72. The van der Waals surface area contributed by atoms with E-state index in [0.29, 0.717) is 0 Å². The van der Waals surface area contributed by atoms with Crippen molar-refractivity contribution in [3.05, 3.63) is 65.5 Å². The van der Waals surface area contributed by atoms with E-state index < -0.39 is 17.5 Å². The van der Waals surface area contributed by atoms with E-state index in [2.05, 4.69) is 4.99 Å². The van der Waals surface area contributed by atoms with Crippen molar-refractivity contribution >= 4 is 11.9 Å². The first-order valence-corrected chi connectivity index (χ1v) is 4.91. The van der Waals surface area contributed by atoms with Crippen molar-refractivity contribution < 1.29 is 13.2 Å². The van der Waals surface area contributed by atoms with E-state index in [1.54, 1.807) is 6.07 Å². The van der Waals surface area contributed by atoms with Gasteiger partial charge in [-0.2, -0.15) is 0 Å². The molecule has 0 aliphatic heterocycles. The highest BCUT2D eigenvalue weighted by Gasteiger charge is 2.05. The summed E-state index contributed by atoms with van der Waals surface area (Å²) in [5.74, 6) is -2.00. The van der Waals surface area contributed by atoms with E-state index in [1.807, 2.05) is 0 Å². The molecule has 2 rings (SSSR count). The van der Waals surface area contributed by atoms with Gasteiger partial charge in [0.25, 0.3) is 0 Å². The zero-order valence-electron chi connectivity index (χ0n) is 8.70. The van der Waals surface area contributed by atoms with Gasteiger partial charge in [0.15, 0.2) is 0 Å². The standard InChI is InChI=1S/C13H8F3N/c14-10-5-3-6-11(15)9(10)8-17-13-7-2-1-4-12(13)16/h1-8H/b17-8+. The molecule has 0 fully saturated rings. The number of aliphatic imine (C=N–C) groups is 1. The first-order valence-electron chi connectivity index (χ1n) is 4.91. The smallest absolute Gasteiger partial charge is 0.148 e. The minimum atomic E-state index is -0.731. The van der Waals surface area contributed by atoms with Crippen LogP contribution in [0.5, 0.6) is 0 Å². The number of para-hydroxylation sites is 1. The average Bonchev–Trinajstić information content (AvgIpc) is 2.30. The predicted molar refractivity (Wildman–Crippen MR) is 60.0 cm³/mol. The van der Waals surface area contributed by atoms with Crippen LogP contribution in [0.2, 0.25) is 0 Å². The molecule has 0 heterocycles. The first-order chi connectivity index (χ1) is 8.18. The van der Waals surface area contributed by atoms with Crippen molar-refractivity contribution in [1.82, 2.24) is 0 Å². The van der Waals surface area contributed by atoms with E-state index in [9.17, 15) is 13.2 Å². The molecule has 17 heavy (non-hydrogen) atoms. The molecular weight excluding hydrogens is 227 g/mol. The molecule has 2 aromatic rings. The maximum absolute atomic E-state index is 13.2. The number of nitrogens with zero attached hydrogens (tertiary/aromatic N) is 1. The van der Waals surface area contributed by atoms with E-state index >= 15 is 0 Å². The minimum Gasteiger partial charge on any atom is -0.253 e.